The van der Waals surface area contributed by atoms with Gasteiger partial charge >= 0.3 is 0 Å². The van der Waals surface area contributed by atoms with Crippen LogP contribution in [0.2, 0.25) is 0 Å². The number of nitrogens with two attached hydrogens (primary N) is 1. The molecule has 3 aromatic rings. The molecule has 1 saturated heterocycles. The van der Waals surface area contributed by atoms with Gasteiger partial charge in [-0.3, -0.25) is 14.5 Å². The maximum Gasteiger partial charge on any atom is 0.237 e. The van der Waals surface area contributed by atoms with Crippen molar-refractivity contribution in [3.8, 4) is 5.75 Å². The number of ether oxygens (including phenoxy) is 1. The Labute approximate surface area is 203 Å². The van der Waals surface area contributed by atoms with Crippen LogP contribution in [-0.4, -0.2) is 68.2 Å². The highest BCUT2D eigenvalue weighted by Crippen LogP contribution is 2.31. The van der Waals surface area contributed by atoms with Gasteiger partial charge in [-0.15, -0.1) is 11.6 Å². The standard InChI is InChI=1S/C23H31ClN8O2/c1-3-4-7-26-22-21-17(29-23(25)30-22)13-28-32(21)14-18-19(34-2)10-16(12-27-18)15-5-8-31(9-6-15)20(33)11-24/h10,12-13,15H,3-9,11,14H2,1-2H3,(H3,25,26,29,30). The van der Waals surface area contributed by atoms with E-state index in [1.165, 1.54) is 0 Å². The molecule has 1 aliphatic heterocycles. The van der Waals surface area contributed by atoms with Crippen molar-refractivity contribution in [2.45, 2.75) is 45.1 Å². The number of piperidine rings is 1. The van der Waals surface area contributed by atoms with Gasteiger partial charge in [-0.2, -0.15) is 10.1 Å². The molecule has 0 bridgehead atoms. The normalized spacial score (nSPS) is 14.5. The van der Waals surface area contributed by atoms with Gasteiger partial charge < -0.3 is 20.7 Å². The second kappa shape index (κ2) is 10.9. The number of nitrogens with one attached hydrogen (secondary N) is 1. The molecule has 4 heterocycles. The minimum absolute atomic E-state index is 0.00749. The Bertz CT molecular complexity index is 1140. The first-order chi connectivity index (χ1) is 16.5. The zero-order valence-electron chi connectivity index (χ0n) is 19.6. The molecule has 0 spiro atoms. The molecule has 1 fully saturated rings. The molecule has 34 heavy (non-hydrogen) atoms. The number of anilines is 2. The molecule has 0 unspecified atom stereocenters. The van der Waals surface area contributed by atoms with Gasteiger partial charge in [0.1, 0.15) is 28.4 Å². The highest BCUT2D eigenvalue weighted by molar-refractivity contribution is 6.27. The Morgan fingerprint density at radius 1 is 1.29 bits per heavy atom. The topological polar surface area (TPSA) is 124 Å². The monoisotopic (exact) mass is 486 g/mol. The second-order valence-electron chi connectivity index (χ2n) is 8.45. The van der Waals surface area contributed by atoms with Crippen molar-refractivity contribution >= 4 is 40.3 Å². The highest BCUT2D eigenvalue weighted by Gasteiger charge is 2.24. The Morgan fingerprint density at radius 3 is 2.79 bits per heavy atom. The van der Waals surface area contributed by atoms with Gasteiger partial charge in [0.05, 0.1) is 19.9 Å². The molecule has 182 valence electrons. The molecule has 1 aliphatic rings. The van der Waals surface area contributed by atoms with Crippen LogP contribution < -0.4 is 15.8 Å². The van der Waals surface area contributed by atoms with Crippen molar-refractivity contribution in [3.63, 3.8) is 0 Å². The van der Waals surface area contributed by atoms with Crippen LogP contribution in [0.25, 0.3) is 11.0 Å². The molecule has 1 amide bonds. The third-order valence-corrected chi connectivity index (χ3v) is 6.46. The van der Waals surface area contributed by atoms with Crippen molar-refractivity contribution in [2.24, 2.45) is 0 Å². The lowest BCUT2D eigenvalue weighted by atomic mass is 9.90. The summed E-state index contributed by atoms with van der Waals surface area (Å²) in [6, 6.07) is 2.05. The van der Waals surface area contributed by atoms with Gasteiger partial charge in [-0.1, -0.05) is 13.3 Å². The number of pyridine rings is 1. The van der Waals surface area contributed by atoms with E-state index in [0.29, 0.717) is 42.6 Å². The summed E-state index contributed by atoms with van der Waals surface area (Å²) < 4.78 is 7.51. The van der Waals surface area contributed by atoms with E-state index in [1.54, 1.807) is 13.3 Å². The maximum absolute atomic E-state index is 11.8. The van der Waals surface area contributed by atoms with Crippen molar-refractivity contribution < 1.29 is 9.53 Å². The fourth-order valence-electron chi connectivity index (χ4n) is 4.34. The fourth-order valence-corrected chi connectivity index (χ4v) is 4.51. The van der Waals surface area contributed by atoms with E-state index >= 15 is 0 Å². The molecule has 0 atom stereocenters. The number of alkyl halides is 1. The van der Waals surface area contributed by atoms with E-state index in [4.69, 9.17) is 27.1 Å². The molecule has 0 aliphatic carbocycles. The number of likely N-dealkylation sites (tertiary alicyclic amines) is 1. The van der Waals surface area contributed by atoms with Gasteiger partial charge in [0, 0.05) is 25.8 Å². The third kappa shape index (κ3) is 5.16. The van der Waals surface area contributed by atoms with E-state index in [2.05, 4.69) is 27.3 Å². The summed E-state index contributed by atoms with van der Waals surface area (Å²) in [6.45, 7) is 4.75. The summed E-state index contributed by atoms with van der Waals surface area (Å²) in [5.74, 6) is 1.94. The van der Waals surface area contributed by atoms with Crippen LogP contribution in [0.5, 0.6) is 5.75 Å². The van der Waals surface area contributed by atoms with Gasteiger partial charge in [0.2, 0.25) is 11.9 Å². The minimum atomic E-state index is -0.00749. The van der Waals surface area contributed by atoms with Crippen molar-refractivity contribution in [2.75, 3.05) is 43.7 Å². The van der Waals surface area contributed by atoms with Gasteiger partial charge in [0.15, 0.2) is 5.82 Å². The number of fused-ring (bicyclic) bond motifs is 1. The first kappa shape index (κ1) is 24.0. The largest absolute Gasteiger partial charge is 0.495 e. The Hall–Kier alpha value is -3.14. The van der Waals surface area contributed by atoms with Gasteiger partial charge in [-0.25, -0.2) is 4.98 Å². The molecular formula is C23H31ClN8O2. The predicted octanol–water partition coefficient (Wildman–Crippen LogP) is 3.02. The highest BCUT2D eigenvalue weighted by atomic mass is 35.5. The lowest BCUT2D eigenvalue weighted by Crippen LogP contribution is -2.38. The van der Waals surface area contributed by atoms with E-state index in [1.807, 2.05) is 21.8 Å². The number of rotatable bonds is 9. The van der Waals surface area contributed by atoms with Gasteiger partial charge in [-0.05, 0) is 36.8 Å². The number of halogens is 1. The van der Waals surface area contributed by atoms with E-state index in [-0.39, 0.29) is 17.7 Å². The molecular weight excluding hydrogens is 456 g/mol. The van der Waals surface area contributed by atoms with Crippen LogP contribution in [-0.2, 0) is 11.3 Å². The molecule has 0 saturated carbocycles. The number of hydrogen-bond donors (Lipinski definition) is 2. The Morgan fingerprint density at radius 2 is 2.09 bits per heavy atom. The summed E-state index contributed by atoms with van der Waals surface area (Å²) in [5, 5.41) is 7.87. The second-order valence-corrected chi connectivity index (χ2v) is 8.72. The quantitative estimate of drug-likeness (QED) is 0.349. The van der Waals surface area contributed by atoms with Crippen LogP contribution >= 0.6 is 11.6 Å². The lowest BCUT2D eigenvalue weighted by Gasteiger charge is -2.32. The minimum Gasteiger partial charge on any atom is -0.495 e. The van der Waals surface area contributed by atoms with Crippen LogP contribution in [0.15, 0.2) is 18.5 Å². The Kier molecular flexibility index (Phi) is 7.66. The van der Waals surface area contributed by atoms with Crippen molar-refractivity contribution in [3.05, 3.63) is 29.7 Å². The summed E-state index contributed by atoms with van der Waals surface area (Å²) >= 11 is 5.70. The van der Waals surface area contributed by atoms with Crippen LogP contribution in [0, 0.1) is 0 Å². The average molecular weight is 487 g/mol. The van der Waals surface area contributed by atoms with Crippen molar-refractivity contribution in [1.29, 1.82) is 0 Å². The SMILES string of the molecule is CCCCNc1nc(N)nc2cnn(Cc3ncc(C4CCN(C(=O)CCl)CC4)cc3OC)c12. The first-order valence-corrected chi connectivity index (χ1v) is 12.2. The summed E-state index contributed by atoms with van der Waals surface area (Å²) in [7, 11) is 1.65. The molecule has 10 nitrogen and oxygen atoms in total. The zero-order valence-corrected chi connectivity index (χ0v) is 20.4. The molecule has 4 rings (SSSR count). The number of carbonyl (C=O) groups excluding carboxylic acids is 1. The maximum atomic E-state index is 11.8. The smallest absolute Gasteiger partial charge is 0.237 e. The number of amides is 1. The summed E-state index contributed by atoms with van der Waals surface area (Å²) in [6.07, 6.45) is 7.45. The first-order valence-electron chi connectivity index (χ1n) is 11.6. The Balaban J connectivity index is 1.55. The van der Waals surface area contributed by atoms with Crippen LogP contribution in [0.1, 0.15) is 49.8 Å². The molecule has 3 aromatic heterocycles. The van der Waals surface area contributed by atoms with E-state index < -0.39 is 0 Å². The van der Waals surface area contributed by atoms with E-state index in [0.717, 1.165) is 49.0 Å². The number of nitrogens with zero attached hydrogens (tertiary/aromatic N) is 6. The third-order valence-electron chi connectivity index (χ3n) is 6.23. The molecule has 0 radical (unpaired) electrons. The van der Waals surface area contributed by atoms with E-state index in [9.17, 15) is 4.79 Å². The predicted molar refractivity (Wildman–Crippen MR) is 132 cm³/mol. The molecule has 3 N–H and O–H groups in total. The number of hydrogen-bond acceptors (Lipinski definition) is 8. The number of nitrogen functional groups attached to an aromatic ring is 1. The van der Waals surface area contributed by atoms with Crippen molar-refractivity contribution in [1.82, 2.24) is 29.6 Å². The molecule has 0 aromatic carbocycles. The van der Waals surface area contributed by atoms with Crippen LogP contribution in [0.3, 0.4) is 0 Å². The number of unbranched alkanes of at least 4 members (excludes halogenated alkanes) is 1. The number of aromatic nitrogens is 5. The number of carbonyl (C=O) groups is 1. The summed E-state index contributed by atoms with van der Waals surface area (Å²) in [4.78, 5) is 27.1. The molecule has 11 heteroatoms. The van der Waals surface area contributed by atoms with Crippen LogP contribution in [0.4, 0.5) is 11.8 Å². The zero-order chi connectivity index (χ0) is 24.1. The van der Waals surface area contributed by atoms with Gasteiger partial charge in [0.25, 0.3) is 0 Å². The summed E-state index contributed by atoms with van der Waals surface area (Å²) in [5.41, 5.74) is 9.24. The lowest BCUT2D eigenvalue weighted by molar-refractivity contribution is -0.129. The fraction of sp³-hybridized carbons (Fsp3) is 0.522. The average Bonchev–Trinajstić information content (AvgIpc) is 3.26. The number of methoxy groups -OCH3 is 1.